The van der Waals surface area contributed by atoms with E-state index in [-0.39, 0.29) is 5.91 Å². The molecule has 0 aromatic rings. The quantitative estimate of drug-likeness (QED) is 0.694. The molecule has 1 fully saturated rings. The van der Waals surface area contributed by atoms with Crippen LogP contribution < -0.4 is 11.1 Å². The Morgan fingerprint density at radius 1 is 1.41 bits per heavy atom. The summed E-state index contributed by atoms with van der Waals surface area (Å²) in [5, 5.41) is 3.53. The van der Waals surface area contributed by atoms with Gasteiger partial charge in [-0.1, -0.05) is 13.8 Å². The summed E-state index contributed by atoms with van der Waals surface area (Å²) >= 11 is 0. The molecule has 0 spiro atoms. The lowest BCUT2D eigenvalue weighted by molar-refractivity contribution is -0.118. The van der Waals surface area contributed by atoms with E-state index in [0.29, 0.717) is 6.42 Å². The first-order valence-corrected chi connectivity index (χ1v) is 6.79. The third kappa shape index (κ3) is 6.64. The summed E-state index contributed by atoms with van der Waals surface area (Å²) in [5.74, 6) is 1.34. The van der Waals surface area contributed by atoms with E-state index in [1.54, 1.807) is 0 Å². The van der Waals surface area contributed by atoms with Crippen molar-refractivity contribution in [3.63, 3.8) is 0 Å². The van der Waals surface area contributed by atoms with Crippen LogP contribution in [0.5, 0.6) is 0 Å². The van der Waals surface area contributed by atoms with Crippen molar-refractivity contribution in [3.8, 4) is 0 Å². The fraction of sp³-hybridized carbons (Fsp3) is 0.923. The van der Waals surface area contributed by atoms with Crippen LogP contribution in [-0.4, -0.2) is 43.5 Å². The Morgan fingerprint density at radius 2 is 2.06 bits per heavy atom. The van der Waals surface area contributed by atoms with Gasteiger partial charge < -0.3 is 16.0 Å². The topological polar surface area (TPSA) is 58.4 Å². The molecule has 1 heterocycles. The first-order valence-electron chi connectivity index (χ1n) is 6.79. The van der Waals surface area contributed by atoms with Gasteiger partial charge in [0.2, 0.25) is 5.91 Å². The number of nitrogens with one attached hydrogen (secondary N) is 1. The Kier molecular flexibility index (Phi) is 6.52. The van der Waals surface area contributed by atoms with Gasteiger partial charge in [0, 0.05) is 13.0 Å². The van der Waals surface area contributed by atoms with E-state index in [9.17, 15) is 4.79 Å². The fourth-order valence-corrected chi connectivity index (χ4v) is 2.26. The number of primary amides is 1. The maximum Gasteiger partial charge on any atom is 0.218 e. The second kappa shape index (κ2) is 7.67. The molecule has 0 unspecified atom stereocenters. The molecule has 4 heteroatoms. The van der Waals surface area contributed by atoms with Crippen LogP contribution >= 0.6 is 0 Å². The van der Waals surface area contributed by atoms with Crippen molar-refractivity contribution in [1.29, 1.82) is 0 Å². The van der Waals surface area contributed by atoms with Crippen molar-refractivity contribution in [2.45, 2.75) is 33.1 Å². The monoisotopic (exact) mass is 241 g/mol. The van der Waals surface area contributed by atoms with Crippen molar-refractivity contribution in [3.05, 3.63) is 0 Å². The molecule has 3 N–H and O–H groups in total. The number of hydrogen-bond donors (Lipinski definition) is 2. The Balaban J connectivity index is 2.07. The van der Waals surface area contributed by atoms with Crippen LogP contribution in [0.1, 0.15) is 33.1 Å². The van der Waals surface area contributed by atoms with Crippen LogP contribution in [0.3, 0.4) is 0 Å². The Bertz CT molecular complexity index is 223. The first kappa shape index (κ1) is 14.5. The zero-order valence-corrected chi connectivity index (χ0v) is 11.2. The van der Waals surface area contributed by atoms with Crippen molar-refractivity contribution < 1.29 is 4.79 Å². The minimum absolute atomic E-state index is 0.189. The molecule has 0 aromatic heterocycles. The van der Waals surface area contributed by atoms with E-state index in [4.69, 9.17) is 5.73 Å². The molecule has 0 saturated carbocycles. The van der Waals surface area contributed by atoms with Crippen LogP contribution in [-0.2, 0) is 4.79 Å². The number of hydrogen-bond acceptors (Lipinski definition) is 3. The highest BCUT2D eigenvalue weighted by Gasteiger charge is 2.18. The predicted molar refractivity (Wildman–Crippen MR) is 70.7 cm³/mol. The number of carbonyl (C=O) groups excluding carboxylic acids is 1. The molecule has 4 nitrogen and oxygen atoms in total. The maximum atomic E-state index is 10.7. The molecule has 1 saturated heterocycles. The van der Waals surface area contributed by atoms with Gasteiger partial charge in [-0.05, 0) is 50.9 Å². The molecule has 1 rings (SSSR count). The second-order valence-corrected chi connectivity index (χ2v) is 5.55. The maximum absolute atomic E-state index is 10.7. The number of amides is 1. The van der Waals surface area contributed by atoms with Crippen LogP contribution in [0.25, 0.3) is 0 Å². The van der Waals surface area contributed by atoms with E-state index < -0.39 is 0 Å². The molecule has 0 aromatic carbocycles. The zero-order chi connectivity index (χ0) is 12.7. The van der Waals surface area contributed by atoms with Crippen molar-refractivity contribution in [2.75, 3.05) is 32.7 Å². The molecule has 0 radical (unpaired) electrons. The molecular formula is C13H27N3O. The smallest absolute Gasteiger partial charge is 0.218 e. The number of nitrogens with two attached hydrogens (primary N) is 1. The van der Waals surface area contributed by atoms with Gasteiger partial charge in [0.15, 0.2) is 0 Å². The summed E-state index contributed by atoms with van der Waals surface area (Å²) in [4.78, 5) is 13.0. The average molecular weight is 241 g/mol. The zero-order valence-electron chi connectivity index (χ0n) is 11.2. The van der Waals surface area contributed by atoms with Gasteiger partial charge in [-0.2, -0.15) is 0 Å². The fourth-order valence-electron chi connectivity index (χ4n) is 2.26. The molecule has 0 bridgehead atoms. The Morgan fingerprint density at radius 3 is 2.59 bits per heavy atom. The second-order valence-electron chi connectivity index (χ2n) is 5.55. The van der Waals surface area contributed by atoms with Gasteiger partial charge in [0.25, 0.3) is 0 Å². The van der Waals surface area contributed by atoms with Gasteiger partial charge >= 0.3 is 0 Å². The van der Waals surface area contributed by atoms with E-state index >= 15 is 0 Å². The van der Waals surface area contributed by atoms with E-state index in [1.807, 2.05) is 0 Å². The van der Waals surface area contributed by atoms with Gasteiger partial charge in [-0.25, -0.2) is 0 Å². The summed E-state index contributed by atoms with van der Waals surface area (Å²) in [7, 11) is 0. The lowest BCUT2D eigenvalue weighted by atomic mass is 9.96. The van der Waals surface area contributed by atoms with Crippen molar-refractivity contribution >= 4 is 5.91 Å². The Hall–Kier alpha value is -0.610. The molecular weight excluding hydrogens is 214 g/mol. The minimum Gasteiger partial charge on any atom is -0.370 e. The first-order chi connectivity index (χ1) is 8.08. The standard InChI is InChI=1S/C13H27N3O/c1-11(2)9-15-10-12-3-6-16(7-4-12)8-5-13(14)17/h11-12,15H,3-10H2,1-2H3,(H2,14,17). The summed E-state index contributed by atoms with van der Waals surface area (Å²) in [6.07, 6.45) is 2.98. The van der Waals surface area contributed by atoms with E-state index in [2.05, 4.69) is 24.1 Å². The van der Waals surface area contributed by atoms with Gasteiger partial charge in [0.05, 0.1) is 0 Å². The summed E-state index contributed by atoms with van der Waals surface area (Å²) in [6.45, 7) is 9.78. The molecule has 1 aliphatic heterocycles. The van der Waals surface area contributed by atoms with Crippen LogP contribution in [0.15, 0.2) is 0 Å². The minimum atomic E-state index is -0.189. The van der Waals surface area contributed by atoms with E-state index in [1.165, 1.54) is 12.8 Å². The molecule has 1 aliphatic rings. The average Bonchev–Trinajstić information content (AvgIpc) is 2.27. The number of carbonyl (C=O) groups is 1. The normalized spacial score (nSPS) is 18.8. The lowest BCUT2D eigenvalue weighted by Crippen LogP contribution is -2.39. The number of nitrogens with zero attached hydrogens (tertiary/aromatic N) is 1. The SMILES string of the molecule is CC(C)CNCC1CCN(CCC(N)=O)CC1. The van der Waals surface area contributed by atoms with Gasteiger partial charge in [-0.3, -0.25) is 4.79 Å². The predicted octanol–water partition coefficient (Wildman–Crippen LogP) is 0.819. The number of rotatable bonds is 7. The summed E-state index contributed by atoms with van der Waals surface area (Å²) in [5.41, 5.74) is 5.16. The Labute approximate surface area is 105 Å². The van der Waals surface area contributed by atoms with Crippen molar-refractivity contribution in [2.24, 2.45) is 17.6 Å². The third-order valence-corrected chi connectivity index (χ3v) is 3.37. The molecule has 0 atom stereocenters. The summed E-state index contributed by atoms with van der Waals surface area (Å²) in [6, 6.07) is 0. The highest BCUT2D eigenvalue weighted by molar-refractivity contribution is 5.73. The lowest BCUT2D eigenvalue weighted by Gasteiger charge is -2.31. The largest absolute Gasteiger partial charge is 0.370 e. The molecule has 100 valence electrons. The molecule has 17 heavy (non-hydrogen) atoms. The summed E-state index contributed by atoms with van der Waals surface area (Å²) < 4.78 is 0. The van der Waals surface area contributed by atoms with Gasteiger partial charge in [-0.15, -0.1) is 0 Å². The van der Waals surface area contributed by atoms with Crippen LogP contribution in [0.2, 0.25) is 0 Å². The highest BCUT2D eigenvalue weighted by Crippen LogP contribution is 2.16. The van der Waals surface area contributed by atoms with Gasteiger partial charge in [0.1, 0.15) is 0 Å². The highest BCUT2D eigenvalue weighted by atomic mass is 16.1. The number of piperidine rings is 1. The molecule has 1 amide bonds. The van der Waals surface area contributed by atoms with Crippen LogP contribution in [0.4, 0.5) is 0 Å². The number of likely N-dealkylation sites (tertiary alicyclic amines) is 1. The van der Waals surface area contributed by atoms with Crippen LogP contribution in [0, 0.1) is 11.8 Å². The van der Waals surface area contributed by atoms with Crippen molar-refractivity contribution in [1.82, 2.24) is 10.2 Å². The molecule has 0 aliphatic carbocycles. The third-order valence-electron chi connectivity index (χ3n) is 3.37. The van der Waals surface area contributed by atoms with E-state index in [0.717, 1.165) is 44.6 Å².